The Labute approximate surface area is 172 Å². The second-order valence-corrected chi connectivity index (χ2v) is 8.15. The number of benzene rings is 2. The molecular formula is C24H28N4O. The molecule has 0 saturated carbocycles. The molecule has 0 N–H and O–H groups in total. The number of fused-ring (bicyclic) bond motifs is 1. The molecule has 3 aromatic rings. The Morgan fingerprint density at radius 3 is 2.31 bits per heavy atom. The number of aryl methyl sites for hydroxylation is 4. The third-order valence-electron chi connectivity index (χ3n) is 5.87. The monoisotopic (exact) mass is 388 g/mol. The lowest BCUT2D eigenvalue weighted by Crippen LogP contribution is -2.47. The number of nitrogens with zero attached hydrogens (tertiary/aromatic N) is 4. The Kier molecular flexibility index (Phi) is 5.01. The fourth-order valence-electron chi connectivity index (χ4n) is 3.73. The summed E-state index contributed by atoms with van der Waals surface area (Å²) in [6.07, 6.45) is 0. The van der Waals surface area contributed by atoms with Gasteiger partial charge in [0.25, 0.3) is 5.56 Å². The molecule has 0 unspecified atom stereocenters. The van der Waals surface area contributed by atoms with E-state index in [1.807, 2.05) is 13.8 Å². The highest BCUT2D eigenvalue weighted by Crippen LogP contribution is 2.29. The van der Waals surface area contributed by atoms with Crippen molar-refractivity contribution in [3.63, 3.8) is 0 Å². The van der Waals surface area contributed by atoms with E-state index in [2.05, 4.69) is 73.0 Å². The Morgan fingerprint density at radius 1 is 0.897 bits per heavy atom. The maximum absolute atomic E-state index is 13.0. The summed E-state index contributed by atoms with van der Waals surface area (Å²) >= 11 is 0. The van der Waals surface area contributed by atoms with Crippen molar-refractivity contribution < 1.29 is 0 Å². The lowest BCUT2D eigenvalue weighted by atomic mass is 10.1. The van der Waals surface area contributed by atoms with Crippen LogP contribution in [0.2, 0.25) is 0 Å². The average molecular weight is 389 g/mol. The van der Waals surface area contributed by atoms with Crippen molar-refractivity contribution in [2.24, 2.45) is 0 Å². The summed E-state index contributed by atoms with van der Waals surface area (Å²) in [5.41, 5.74) is 7.59. The first-order valence-corrected chi connectivity index (χ1v) is 10.0. The smallest absolute Gasteiger partial charge is 0.259 e. The van der Waals surface area contributed by atoms with Crippen LogP contribution in [0.1, 0.15) is 33.5 Å². The Morgan fingerprint density at radius 2 is 1.62 bits per heavy atom. The van der Waals surface area contributed by atoms with Crippen LogP contribution >= 0.6 is 0 Å². The highest BCUT2D eigenvalue weighted by atomic mass is 16.1. The van der Waals surface area contributed by atoms with Crippen LogP contribution in [0.15, 0.2) is 47.3 Å². The molecular weight excluding hydrogens is 360 g/mol. The molecule has 0 aliphatic carbocycles. The summed E-state index contributed by atoms with van der Waals surface area (Å²) in [6, 6.07) is 15.0. The van der Waals surface area contributed by atoms with Gasteiger partial charge >= 0.3 is 0 Å². The van der Waals surface area contributed by atoms with E-state index >= 15 is 0 Å². The zero-order valence-corrected chi connectivity index (χ0v) is 17.9. The molecule has 0 radical (unpaired) electrons. The Bertz CT molecular complexity index is 1110. The lowest BCUT2D eigenvalue weighted by Gasteiger charge is -2.38. The van der Waals surface area contributed by atoms with Crippen LogP contribution in [-0.2, 0) is 13.2 Å². The molecule has 0 fully saturated rings. The van der Waals surface area contributed by atoms with Gasteiger partial charge in [-0.1, -0.05) is 35.9 Å². The zero-order valence-electron chi connectivity index (χ0n) is 17.9. The van der Waals surface area contributed by atoms with Crippen molar-refractivity contribution >= 4 is 11.6 Å². The third kappa shape index (κ3) is 3.70. The summed E-state index contributed by atoms with van der Waals surface area (Å²) in [4.78, 5) is 22.3. The minimum atomic E-state index is 0.0370. The first kappa shape index (κ1) is 19.4. The molecule has 2 heterocycles. The number of anilines is 2. The van der Waals surface area contributed by atoms with Gasteiger partial charge in [0.2, 0.25) is 5.95 Å². The Balaban J connectivity index is 1.78. The average Bonchev–Trinajstić information content (AvgIpc) is 2.70. The predicted octanol–water partition coefficient (Wildman–Crippen LogP) is 4.35. The van der Waals surface area contributed by atoms with E-state index in [1.165, 1.54) is 22.3 Å². The van der Waals surface area contributed by atoms with Crippen molar-refractivity contribution in [2.45, 2.75) is 47.8 Å². The molecule has 0 spiro atoms. The van der Waals surface area contributed by atoms with Gasteiger partial charge in [-0.05, 0) is 63.4 Å². The molecule has 0 amide bonds. The molecule has 5 heteroatoms. The SMILES string of the molecule is Cc1ccc(CN2CN(c3ccc(C)c(C)c3)c3nc(C)c(C)c(=O)n3C2)cc1. The zero-order chi connectivity index (χ0) is 20.7. The van der Waals surface area contributed by atoms with E-state index in [0.29, 0.717) is 18.9 Å². The largest absolute Gasteiger partial charge is 0.298 e. The van der Waals surface area contributed by atoms with E-state index in [4.69, 9.17) is 4.98 Å². The molecule has 150 valence electrons. The second kappa shape index (κ2) is 7.48. The topological polar surface area (TPSA) is 41.4 Å². The van der Waals surface area contributed by atoms with Gasteiger partial charge in [-0.2, -0.15) is 0 Å². The molecule has 29 heavy (non-hydrogen) atoms. The predicted molar refractivity (Wildman–Crippen MR) is 118 cm³/mol. The van der Waals surface area contributed by atoms with E-state index in [-0.39, 0.29) is 5.56 Å². The molecule has 1 aliphatic heterocycles. The van der Waals surface area contributed by atoms with E-state index in [9.17, 15) is 4.79 Å². The molecule has 5 nitrogen and oxygen atoms in total. The number of hydrogen-bond donors (Lipinski definition) is 0. The second-order valence-electron chi connectivity index (χ2n) is 8.15. The Hall–Kier alpha value is -2.92. The van der Waals surface area contributed by atoms with Crippen molar-refractivity contribution in [3.05, 3.63) is 86.3 Å². The lowest BCUT2D eigenvalue weighted by molar-refractivity contribution is 0.190. The van der Waals surface area contributed by atoms with Gasteiger partial charge < -0.3 is 0 Å². The van der Waals surface area contributed by atoms with Gasteiger partial charge in [0.1, 0.15) is 0 Å². The van der Waals surface area contributed by atoms with E-state index in [0.717, 1.165) is 23.9 Å². The van der Waals surface area contributed by atoms with Crippen LogP contribution in [0.4, 0.5) is 11.6 Å². The quantitative estimate of drug-likeness (QED) is 0.669. The maximum atomic E-state index is 13.0. The molecule has 2 aromatic carbocycles. The van der Waals surface area contributed by atoms with Gasteiger partial charge in [-0.25, -0.2) is 4.98 Å². The maximum Gasteiger partial charge on any atom is 0.259 e. The van der Waals surface area contributed by atoms with E-state index < -0.39 is 0 Å². The molecule has 1 aromatic heterocycles. The summed E-state index contributed by atoms with van der Waals surface area (Å²) < 4.78 is 1.80. The van der Waals surface area contributed by atoms with Crippen molar-refractivity contribution in [2.75, 3.05) is 11.6 Å². The van der Waals surface area contributed by atoms with E-state index in [1.54, 1.807) is 4.57 Å². The van der Waals surface area contributed by atoms with Gasteiger partial charge in [0, 0.05) is 23.5 Å². The summed E-state index contributed by atoms with van der Waals surface area (Å²) in [5, 5.41) is 0. The number of aromatic nitrogens is 2. The van der Waals surface area contributed by atoms with Gasteiger partial charge in [-0.15, -0.1) is 0 Å². The highest BCUT2D eigenvalue weighted by molar-refractivity contribution is 5.60. The van der Waals surface area contributed by atoms with Gasteiger partial charge in [-0.3, -0.25) is 19.2 Å². The molecule has 0 bridgehead atoms. The van der Waals surface area contributed by atoms with Crippen LogP contribution < -0.4 is 10.5 Å². The molecule has 1 aliphatic rings. The fourth-order valence-corrected chi connectivity index (χ4v) is 3.73. The summed E-state index contributed by atoms with van der Waals surface area (Å²) in [5.74, 6) is 0.724. The fraction of sp³-hybridized carbons (Fsp3) is 0.333. The number of rotatable bonds is 3. The number of hydrogen-bond acceptors (Lipinski definition) is 4. The van der Waals surface area contributed by atoms with Crippen LogP contribution in [-0.4, -0.2) is 21.1 Å². The summed E-state index contributed by atoms with van der Waals surface area (Å²) in [6.45, 7) is 12.1. The molecule has 0 atom stereocenters. The van der Waals surface area contributed by atoms with Gasteiger partial charge in [0.15, 0.2) is 0 Å². The van der Waals surface area contributed by atoms with Crippen LogP contribution in [0.25, 0.3) is 0 Å². The van der Waals surface area contributed by atoms with Crippen molar-refractivity contribution in [3.8, 4) is 0 Å². The minimum absolute atomic E-state index is 0.0370. The standard InChI is InChI=1S/C24H28N4O/c1-16-6-9-21(10-7-16)13-26-14-27(22-11-8-17(2)18(3)12-22)24-25-20(5)19(4)23(29)28(24)15-26/h6-12H,13-15H2,1-5H3. The van der Waals surface area contributed by atoms with Crippen molar-refractivity contribution in [1.82, 2.24) is 14.5 Å². The highest BCUT2D eigenvalue weighted by Gasteiger charge is 2.27. The first-order chi connectivity index (χ1) is 13.8. The first-order valence-electron chi connectivity index (χ1n) is 10.0. The van der Waals surface area contributed by atoms with Crippen molar-refractivity contribution in [1.29, 1.82) is 0 Å². The normalized spacial score (nSPS) is 14.2. The van der Waals surface area contributed by atoms with Crippen LogP contribution in [0, 0.1) is 34.6 Å². The molecule has 4 rings (SSSR count). The molecule has 0 saturated heterocycles. The minimum Gasteiger partial charge on any atom is -0.298 e. The van der Waals surface area contributed by atoms with Crippen LogP contribution in [0.3, 0.4) is 0 Å². The third-order valence-corrected chi connectivity index (χ3v) is 5.87. The van der Waals surface area contributed by atoms with Crippen LogP contribution in [0.5, 0.6) is 0 Å². The summed E-state index contributed by atoms with van der Waals surface area (Å²) in [7, 11) is 0. The van der Waals surface area contributed by atoms with Gasteiger partial charge in [0.05, 0.1) is 13.3 Å².